The Hall–Kier alpha value is -5.56. The number of benzene rings is 2. The van der Waals surface area contributed by atoms with Crippen molar-refractivity contribution in [2.75, 3.05) is 13.1 Å². The van der Waals surface area contributed by atoms with Gasteiger partial charge >= 0.3 is 17.1 Å². The average molecular weight is 813 g/mol. The van der Waals surface area contributed by atoms with Crippen LogP contribution in [0.25, 0.3) is 0 Å². The molecule has 3 N–H and O–H groups in total. The monoisotopic (exact) mass is 812 g/mol. The van der Waals surface area contributed by atoms with Crippen molar-refractivity contribution < 1.29 is 61.5 Å². The van der Waals surface area contributed by atoms with Crippen LogP contribution in [0.2, 0.25) is 0 Å². The number of carbonyl (C=O) groups excluding carboxylic acids is 6. The summed E-state index contributed by atoms with van der Waals surface area (Å²) in [5.41, 5.74) is 1.86. The fourth-order valence-electron chi connectivity index (χ4n) is 7.11. The van der Waals surface area contributed by atoms with Crippen molar-refractivity contribution in [2.24, 2.45) is 23.7 Å². The topological polar surface area (TPSA) is 214 Å². The second-order valence-electron chi connectivity index (χ2n) is 13.7. The fraction of sp³-hybridized carbons (Fsp3) is 0.333. The molecule has 2 aromatic carbocycles. The molecule has 1 radical (unpaired) electrons. The molecular weight excluding hydrogens is 768 g/mol. The number of amides is 4. The van der Waals surface area contributed by atoms with Gasteiger partial charge in [-0.1, -0.05) is 36.4 Å². The Labute approximate surface area is 335 Å². The molecule has 0 saturated heterocycles. The number of nitrogens with zero attached hydrogens (tertiary/aromatic N) is 4. The molecule has 4 aliphatic rings. The third-order valence-electron chi connectivity index (χ3n) is 10.1. The summed E-state index contributed by atoms with van der Waals surface area (Å²) in [6.45, 7) is 0.762. The number of carboxylic acid groups (broad SMARTS) is 2. The van der Waals surface area contributed by atoms with E-state index in [-0.39, 0.29) is 69.8 Å². The van der Waals surface area contributed by atoms with E-state index in [1.807, 2.05) is 36.4 Å². The molecular formula is C42H45CuN4O9+. The van der Waals surface area contributed by atoms with Gasteiger partial charge in [0.15, 0.2) is 0 Å². The first kappa shape index (κ1) is 44.8. The Morgan fingerprint density at radius 2 is 0.750 bits per heavy atom. The van der Waals surface area contributed by atoms with Crippen molar-refractivity contribution in [2.45, 2.75) is 51.4 Å². The zero-order valence-electron chi connectivity index (χ0n) is 30.7. The SMILES string of the molecule is O=C([O-])C1CCC(CN2C(=O)c3ccccc3C2=O)CC1.O=C([O-])C1CCC(CN2C(=O)c3ccccc3C2=O)CC1.[Cu+2].[OH3+].c1ccncc1.c1ccncc1. The van der Waals surface area contributed by atoms with E-state index in [9.17, 15) is 39.0 Å². The van der Waals surface area contributed by atoms with E-state index < -0.39 is 11.9 Å². The number of imide groups is 2. The first-order valence-electron chi connectivity index (χ1n) is 18.2. The summed E-state index contributed by atoms with van der Waals surface area (Å²) < 4.78 is 0. The van der Waals surface area contributed by atoms with Crippen LogP contribution in [0.1, 0.15) is 92.8 Å². The van der Waals surface area contributed by atoms with Gasteiger partial charge in [-0.05, 0) is 124 Å². The van der Waals surface area contributed by atoms with E-state index in [1.54, 1.807) is 73.3 Å². The number of fused-ring (bicyclic) bond motifs is 2. The molecule has 13 nitrogen and oxygen atoms in total. The average Bonchev–Trinajstić information content (AvgIpc) is 3.60. The van der Waals surface area contributed by atoms with Gasteiger partial charge in [-0.15, -0.1) is 0 Å². The van der Waals surface area contributed by atoms with Gasteiger partial charge in [0.05, 0.1) is 22.3 Å². The molecule has 2 aromatic heterocycles. The fourth-order valence-corrected chi connectivity index (χ4v) is 7.11. The number of aliphatic carboxylic acids is 2. The standard InChI is InChI=1S/2C16H17NO4.2C5H5N.Cu.H2O/c2*18-14-12-3-1-2-4-13(12)15(19)17(14)9-10-5-7-11(8-6-10)16(20)21;2*1-2-4-6-5-3-1;;/h2*1-4,10-11H,5-9H2,(H,20,21);2*1-5H;;1H2/q;;;;+2;/p-1. The normalized spacial score (nSPS) is 20.5. The summed E-state index contributed by atoms with van der Waals surface area (Å²) >= 11 is 0. The van der Waals surface area contributed by atoms with Crippen LogP contribution < -0.4 is 10.2 Å². The maximum absolute atomic E-state index is 12.3. The van der Waals surface area contributed by atoms with E-state index in [0.717, 1.165) is 0 Å². The molecule has 2 aliphatic heterocycles. The number of rotatable bonds is 6. The van der Waals surface area contributed by atoms with E-state index in [1.165, 1.54) is 9.80 Å². The Morgan fingerprint density at radius 3 is 0.946 bits per heavy atom. The van der Waals surface area contributed by atoms with Crippen LogP contribution in [0.5, 0.6) is 0 Å². The van der Waals surface area contributed by atoms with Crippen molar-refractivity contribution in [1.82, 2.24) is 19.8 Å². The molecule has 14 heteroatoms. The van der Waals surface area contributed by atoms with Crippen LogP contribution in [0.3, 0.4) is 0 Å². The van der Waals surface area contributed by atoms with Gasteiger partial charge in [-0.3, -0.25) is 38.9 Å². The van der Waals surface area contributed by atoms with Gasteiger partial charge in [0.2, 0.25) is 0 Å². The smallest absolute Gasteiger partial charge is 0.550 e. The van der Waals surface area contributed by atoms with Gasteiger partial charge in [0.25, 0.3) is 23.6 Å². The Morgan fingerprint density at radius 1 is 0.482 bits per heavy atom. The second kappa shape index (κ2) is 22.1. The van der Waals surface area contributed by atoms with Crippen molar-refractivity contribution in [3.8, 4) is 0 Å². The molecule has 0 unspecified atom stereocenters. The van der Waals surface area contributed by atoms with Crippen LogP contribution in [-0.4, -0.2) is 68.4 Å². The van der Waals surface area contributed by atoms with Gasteiger partial charge in [-0.2, -0.15) is 0 Å². The van der Waals surface area contributed by atoms with Crippen LogP contribution in [0, 0.1) is 23.7 Å². The summed E-state index contributed by atoms with van der Waals surface area (Å²) in [7, 11) is 0. The molecule has 297 valence electrons. The summed E-state index contributed by atoms with van der Waals surface area (Å²) in [5, 5.41) is 21.7. The molecule has 0 spiro atoms. The van der Waals surface area contributed by atoms with Crippen LogP contribution in [0.15, 0.2) is 110 Å². The van der Waals surface area contributed by atoms with Crippen molar-refractivity contribution in [3.63, 3.8) is 0 Å². The number of pyridine rings is 2. The van der Waals surface area contributed by atoms with Gasteiger partial charge < -0.3 is 25.3 Å². The Kier molecular flexibility index (Phi) is 17.7. The third kappa shape index (κ3) is 11.7. The summed E-state index contributed by atoms with van der Waals surface area (Å²) in [6.07, 6.45) is 12.1. The van der Waals surface area contributed by atoms with Crippen LogP contribution in [-0.2, 0) is 32.1 Å². The van der Waals surface area contributed by atoms with Gasteiger partial charge in [-0.25, -0.2) is 0 Å². The molecule has 0 bridgehead atoms. The molecule has 2 aliphatic carbocycles. The van der Waals surface area contributed by atoms with Crippen LogP contribution >= 0.6 is 0 Å². The molecule has 4 heterocycles. The molecule has 4 aromatic rings. The first-order valence-corrected chi connectivity index (χ1v) is 18.2. The van der Waals surface area contributed by atoms with E-state index in [0.29, 0.717) is 86.7 Å². The summed E-state index contributed by atoms with van der Waals surface area (Å²) in [5.74, 6) is -3.34. The molecule has 4 amide bonds. The first-order chi connectivity index (χ1) is 26.2. The van der Waals surface area contributed by atoms with E-state index >= 15 is 0 Å². The molecule has 2 saturated carbocycles. The number of hydrogen-bond donors (Lipinski definition) is 0. The van der Waals surface area contributed by atoms with E-state index in [2.05, 4.69) is 9.97 Å². The van der Waals surface area contributed by atoms with Crippen molar-refractivity contribution in [1.29, 1.82) is 0 Å². The summed E-state index contributed by atoms with van der Waals surface area (Å²) in [6, 6.07) is 25.1. The molecule has 56 heavy (non-hydrogen) atoms. The minimum Gasteiger partial charge on any atom is -0.550 e. The van der Waals surface area contributed by atoms with E-state index in [4.69, 9.17) is 0 Å². The zero-order chi connectivity index (χ0) is 38.5. The number of carbonyl (C=O) groups is 6. The number of aromatic nitrogens is 2. The Balaban J connectivity index is 0.000000225. The number of hydrogen-bond acceptors (Lipinski definition) is 10. The Bertz CT molecular complexity index is 1650. The molecule has 0 atom stereocenters. The number of carboxylic acids is 2. The molecule has 2 fully saturated rings. The second-order valence-corrected chi connectivity index (χ2v) is 13.7. The van der Waals surface area contributed by atoms with Gasteiger partial charge in [0.1, 0.15) is 0 Å². The summed E-state index contributed by atoms with van der Waals surface area (Å²) in [4.78, 5) is 80.8. The van der Waals surface area contributed by atoms with Crippen molar-refractivity contribution in [3.05, 3.63) is 132 Å². The third-order valence-corrected chi connectivity index (χ3v) is 10.1. The quantitative estimate of drug-likeness (QED) is 0.158. The largest absolute Gasteiger partial charge is 2.00 e. The predicted octanol–water partition coefficient (Wildman–Crippen LogP) is 2.92. The van der Waals surface area contributed by atoms with Gasteiger partial charge in [0, 0.05) is 49.8 Å². The minimum atomic E-state index is -0.991. The zero-order valence-corrected chi connectivity index (χ0v) is 31.6. The minimum absolute atomic E-state index is 0. The molecule has 8 rings (SSSR count). The predicted molar refractivity (Wildman–Crippen MR) is 198 cm³/mol. The van der Waals surface area contributed by atoms with Crippen molar-refractivity contribution >= 4 is 35.6 Å². The van der Waals surface area contributed by atoms with Crippen LogP contribution in [0.4, 0.5) is 0 Å². The maximum Gasteiger partial charge on any atom is 2.00 e. The maximum atomic E-state index is 12.3.